The zero-order valence-electron chi connectivity index (χ0n) is 47.7. The number of halogens is 6. The summed E-state index contributed by atoms with van der Waals surface area (Å²) in [5, 5.41) is 17.6. The predicted octanol–water partition coefficient (Wildman–Crippen LogP) is 16.4. The van der Waals surface area contributed by atoms with E-state index in [-0.39, 0.29) is 52.9 Å². The molecular formula is C58H74F6N2O6P2PdS2. The number of rotatable bonds is 4. The molecule has 0 radical (unpaired) electrons. The summed E-state index contributed by atoms with van der Waals surface area (Å²) in [4.78, 5) is 2.92. The van der Waals surface area contributed by atoms with E-state index in [4.69, 9.17) is 36.5 Å². The van der Waals surface area contributed by atoms with E-state index in [1.165, 1.54) is 106 Å². The Labute approximate surface area is 472 Å². The maximum atomic E-state index is 10.7. The van der Waals surface area contributed by atoms with Gasteiger partial charge in [-0.05, 0) is 77.0 Å². The number of hydrogen-bond acceptors (Lipinski definition) is 8. The third kappa shape index (κ3) is 20.9. The van der Waals surface area contributed by atoms with Crippen molar-refractivity contribution in [1.82, 2.24) is 0 Å². The molecule has 0 atom stereocenters. The smallest absolute Gasteiger partial charge is 0.741 e. The molecule has 5 rings (SSSR count). The van der Waals surface area contributed by atoms with E-state index in [2.05, 4.69) is 210 Å². The van der Waals surface area contributed by atoms with Crippen molar-refractivity contribution in [1.29, 1.82) is 10.5 Å². The summed E-state index contributed by atoms with van der Waals surface area (Å²) in [7, 11) is -9.62. The van der Waals surface area contributed by atoms with Crippen LogP contribution in [0.1, 0.15) is 172 Å². The Kier molecular flexibility index (Phi) is 25.6. The molecule has 0 N–H and O–H groups in total. The molecule has 0 aliphatic carbocycles. The van der Waals surface area contributed by atoms with Crippen molar-refractivity contribution in [3.8, 4) is 34.4 Å². The van der Waals surface area contributed by atoms with Gasteiger partial charge in [0.25, 0.3) is 0 Å². The summed E-state index contributed by atoms with van der Waals surface area (Å²) >= 11 is 0. The summed E-state index contributed by atoms with van der Waals surface area (Å²) in [5.74, 6) is 0. The van der Waals surface area contributed by atoms with Crippen molar-refractivity contribution in [3.63, 3.8) is 0 Å². The van der Waals surface area contributed by atoms with Gasteiger partial charge in [0.2, 0.25) is 0 Å². The molecule has 77 heavy (non-hydrogen) atoms. The summed E-state index contributed by atoms with van der Waals surface area (Å²) in [6.45, 7) is 45.8. The second kappa shape index (κ2) is 27.0. The molecule has 0 saturated carbocycles. The van der Waals surface area contributed by atoms with Crippen molar-refractivity contribution in [3.05, 3.63) is 128 Å². The first-order valence-corrected chi connectivity index (χ1v) is 28.6. The standard InChI is InChI=1S/C52H68P2.2C2H3N.2CHF3O3S.Pd/c1-47(2,3)35-29-37(49(7,8)9)43(38(30-35)50(10,11)12)53-45-41(33-25-21-19-22-26-33)42(34-27-23-20-24-28-34)46(45)54-44-39(51(13,14)15)31-36(48(4,5)6)32-40(44)52(16,17)18;2*1-2-3;2*2-1(3,4)8(5,6)7;/h19-32H,1-18H3;2*1H3;2*(H,5,6,7);/q;;;;;+2/p-2. The van der Waals surface area contributed by atoms with Crippen LogP contribution in [0.4, 0.5) is 26.3 Å². The molecule has 0 bridgehead atoms. The molecule has 0 heterocycles. The first-order valence-electron chi connectivity index (χ1n) is 24.0. The van der Waals surface area contributed by atoms with Gasteiger partial charge >= 0.3 is 31.4 Å². The van der Waals surface area contributed by atoms with E-state index in [1.807, 2.05) is 0 Å². The second-order valence-corrected chi connectivity index (χ2v) is 29.0. The molecule has 0 aromatic heterocycles. The van der Waals surface area contributed by atoms with E-state index in [0.29, 0.717) is 0 Å². The average molecular weight is 1240 g/mol. The minimum absolute atomic E-state index is 0. The van der Waals surface area contributed by atoms with Gasteiger partial charge in [0.1, 0.15) is 0 Å². The fourth-order valence-corrected chi connectivity index (χ4v) is 11.3. The topological polar surface area (TPSA) is 162 Å². The summed E-state index contributed by atoms with van der Waals surface area (Å²) in [6.07, 6.45) is 0. The molecular weight excluding hydrogens is 1170 g/mol. The minimum atomic E-state index is -6.09. The quantitative estimate of drug-likeness (QED) is 0.0565. The van der Waals surface area contributed by atoms with Crippen molar-refractivity contribution >= 4 is 47.3 Å². The molecule has 0 spiro atoms. The van der Waals surface area contributed by atoms with Crippen LogP contribution in [-0.4, -0.2) is 37.0 Å². The Balaban J connectivity index is 0.00000211. The monoisotopic (exact) mass is 1240 g/mol. The molecule has 0 aliphatic rings. The molecule has 0 aliphatic heterocycles. The van der Waals surface area contributed by atoms with Gasteiger partial charge in [-0.3, -0.25) is 0 Å². The Morgan fingerprint density at radius 2 is 0.597 bits per heavy atom. The summed E-state index contributed by atoms with van der Waals surface area (Å²) < 4.78 is 118. The van der Waals surface area contributed by atoms with Crippen molar-refractivity contribution in [2.75, 3.05) is 0 Å². The SMILES string of the molecule is CC#N.CC#N.CC(C)(C)c1cc(C(C)(C)C)c(P=c2c(-c3ccccc3)c(-c3ccccc3)c2=Pc2c(C(C)(C)C)cc(C(C)(C)C)cc2C(C)(C)C)c(C(C)(C)C)c1.O=S(=O)([O-])C(F)(F)F.O=S(=O)([O-])C(F)(F)F.[Pd+2]. The Bertz CT molecular complexity index is 2920. The Morgan fingerprint density at radius 1 is 0.416 bits per heavy atom. The molecule has 426 valence electrons. The van der Waals surface area contributed by atoms with Crippen LogP contribution in [0, 0.1) is 32.5 Å². The van der Waals surface area contributed by atoms with Gasteiger partial charge in [0.15, 0.2) is 20.2 Å². The number of hydrogen-bond donors (Lipinski definition) is 0. The maximum absolute atomic E-state index is 10.7. The van der Waals surface area contributed by atoms with E-state index < -0.39 is 31.3 Å². The molecule has 5 aromatic rings. The van der Waals surface area contributed by atoms with Gasteiger partial charge in [-0.25, -0.2) is 16.8 Å². The first kappa shape index (κ1) is 73.0. The van der Waals surface area contributed by atoms with Crippen LogP contribution >= 0.6 is 16.4 Å². The number of benzene rings is 4. The van der Waals surface area contributed by atoms with Crippen molar-refractivity contribution < 1.29 is 72.7 Å². The number of nitriles is 2. The van der Waals surface area contributed by atoms with E-state index in [1.54, 1.807) is 12.1 Å². The number of nitrogens with zero attached hydrogens (tertiary/aromatic N) is 2. The fourth-order valence-electron chi connectivity index (χ4n) is 7.29. The van der Waals surface area contributed by atoms with E-state index in [0.717, 1.165) is 0 Å². The third-order valence-electron chi connectivity index (χ3n) is 11.3. The van der Waals surface area contributed by atoms with E-state index in [9.17, 15) is 26.3 Å². The molecule has 8 nitrogen and oxygen atoms in total. The minimum Gasteiger partial charge on any atom is -0.741 e. The van der Waals surface area contributed by atoms with Gasteiger partial charge in [-0.1, -0.05) is 226 Å². The Hall–Kier alpha value is -4.00. The van der Waals surface area contributed by atoms with Crippen molar-refractivity contribution in [2.24, 2.45) is 0 Å². The molecule has 0 amide bonds. The molecule has 0 unspecified atom stereocenters. The Morgan fingerprint density at radius 3 is 0.740 bits per heavy atom. The molecule has 19 heteroatoms. The van der Waals surface area contributed by atoms with Crippen LogP contribution in [0.3, 0.4) is 0 Å². The fraction of sp³-hybridized carbons (Fsp3) is 0.483. The zero-order chi connectivity index (χ0) is 59.8. The van der Waals surface area contributed by atoms with Crippen LogP contribution in [0.25, 0.3) is 22.3 Å². The van der Waals surface area contributed by atoms with E-state index >= 15 is 0 Å². The van der Waals surface area contributed by atoms with Crippen LogP contribution < -0.4 is 10.6 Å². The van der Waals surface area contributed by atoms with Crippen molar-refractivity contribution in [2.45, 2.75) is 182 Å². The third-order valence-corrected chi connectivity index (χ3v) is 15.3. The normalized spacial score (nSPS) is 13.2. The summed E-state index contributed by atoms with van der Waals surface area (Å²) in [5.41, 5.74) is 2.81. The average Bonchev–Trinajstić information content (AvgIpc) is 3.21. The first-order chi connectivity index (χ1) is 33.9. The summed E-state index contributed by atoms with van der Waals surface area (Å²) in [6, 6.07) is 36.0. The van der Waals surface area contributed by atoms with Gasteiger partial charge in [-0.15, -0.1) is 0 Å². The predicted molar refractivity (Wildman–Crippen MR) is 298 cm³/mol. The zero-order valence-corrected chi connectivity index (χ0v) is 52.7. The largest absolute Gasteiger partial charge is 2.00 e. The molecule has 0 saturated heterocycles. The van der Waals surface area contributed by atoms with Crippen LogP contribution in [0.15, 0.2) is 84.9 Å². The van der Waals surface area contributed by atoms with Gasteiger partial charge in [0.05, 0.1) is 12.1 Å². The van der Waals surface area contributed by atoms with Crippen LogP contribution in [0.5, 0.6) is 0 Å². The number of alkyl halides is 6. The van der Waals surface area contributed by atoms with Gasteiger partial charge in [0, 0.05) is 45.5 Å². The van der Waals surface area contributed by atoms with Gasteiger partial charge < -0.3 is 9.11 Å². The molecule has 5 aromatic carbocycles. The maximum Gasteiger partial charge on any atom is 2.00 e. The van der Waals surface area contributed by atoms with Gasteiger partial charge in [-0.2, -0.15) is 36.9 Å². The van der Waals surface area contributed by atoms with Crippen LogP contribution in [0.2, 0.25) is 0 Å². The second-order valence-electron chi connectivity index (χ2n) is 24.0. The molecule has 0 fully saturated rings. The van der Waals surface area contributed by atoms with Crippen LogP contribution in [-0.2, 0) is 73.1 Å².